The van der Waals surface area contributed by atoms with Gasteiger partial charge in [0.05, 0.1) is 15.6 Å². The summed E-state index contributed by atoms with van der Waals surface area (Å²) in [6.07, 6.45) is 4.83. The number of nitrogens with one attached hydrogen (secondary N) is 1. The molecule has 1 aliphatic carbocycles. The third kappa shape index (κ3) is 7.75. The van der Waals surface area contributed by atoms with Crippen molar-refractivity contribution < 1.29 is 22.4 Å². The summed E-state index contributed by atoms with van der Waals surface area (Å²) in [7, 11) is -4.31. The van der Waals surface area contributed by atoms with E-state index in [0.29, 0.717) is 15.6 Å². The molecule has 0 bridgehead atoms. The minimum atomic E-state index is -4.31. The van der Waals surface area contributed by atoms with Gasteiger partial charge in [-0.15, -0.1) is 0 Å². The van der Waals surface area contributed by atoms with Crippen LogP contribution in [-0.4, -0.2) is 43.8 Å². The van der Waals surface area contributed by atoms with Crippen LogP contribution in [0.2, 0.25) is 15.1 Å². The highest BCUT2D eigenvalue weighted by atomic mass is 35.5. The van der Waals surface area contributed by atoms with Crippen molar-refractivity contribution in [3.05, 3.63) is 93.2 Å². The molecule has 0 radical (unpaired) electrons. The van der Waals surface area contributed by atoms with E-state index in [4.69, 9.17) is 34.8 Å². The first kappa shape index (κ1) is 32.1. The van der Waals surface area contributed by atoms with E-state index < -0.39 is 34.3 Å². The number of hydrogen-bond acceptors (Lipinski definition) is 4. The van der Waals surface area contributed by atoms with Gasteiger partial charge in [-0.3, -0.25) is 13.9 Å². The van der Waals surface area contributed by atoms with E-state index in [2.05, 4.69) is 5.32 Å². The maximum Gasteiger partial charge on any atom is 0.264 e. The highest BCUT2D eigenvalue weighted by Gasteiger charge is 2.33. The Morgan fingerprint density at radius 2 is 1.64 bits per heavy atom. The van der Waals surface area contributed by atoms with E-state index in [1.165, 1.54) is 29.2 Å². The first-order valence-electron chi connectivity index (χ1n) is 13.5. The zero-order valence-corrected chi connectivity index (χ0v) is 26.0. The van der Waals surface area contributed by atoms with Crippen LogP contribution in [0.4, 0.5) is 10.1 Å². The van der Waals surface area contributed by atoms with Crippen LogP contribution < -0.4 is 9.62 Å². The number of amides is 2. The molecule has 0 spiro atoms. The summed E-state index contributed by atoms with van der Waals surface area (Å²) in [5.74, 6) is -1.77. The maximum absolute atomic E-state index is 14.0. The van der Waals surface area contributed by atoms with Crippen LogP contribution in [0.25, 0.3) is 0 Å². The Kier molecular flexibility index (Phi) is 10.8. The molecule has 1 atom stereocenters. The molecule has 42 heavy (non-hydrogen) atoms. The van der Waals surface area contributed by atoms with Gasteiger partial charge in [-0.05, 0) is 67.8 Å². The molecule has 2 amide bonds. The van der Waals surface area contributed by atoms with Crippen molar-refractivity contribution >= 4 is 62.3 Å². The molecule has 0 aliphatic heterocycles. The Hall–Kier alpha value is -2.85. The summed E-state index contributed by atoms with van der Waals surface area (Å²) in [5, 5.41) is 3.43. The molecule has 0 saturated heterocycles. The van der Waals surface area contributed by atoms with Crippen molar-refractivity contribution in [1.29, 1.82) is 0 Å². The summed E-state index contributed by atoms with van der Waals surface area (Å²) in [6.45, 7) is 0.813. The van der Waals surface area contributed by atoms with Gasteiger partial charge in [0.15, 0.2) is 0 Å². The summed E-state index contributed by atoms with van der Waals surface area (Å²) >= 11 is 18.5. The molecule has 1 aliphatic rings. The number of rotatable bonds is 10. The second kappa shape index (κ2) is 14.1. The zero-order valence-electron chi connectivity index (χ0n) is 22.9. The number of nitrogens with zero attached hydrogens (tertiary/aromatic N) is 2. The number of benzene rings is 3. The van der Waals surface area contributed by atoms with Crippen LogP contribution in [0.3, 0.4) is 0 Å². The Morgan fingerprint density at radius 3 is 2.29 bits per heavy atom. The first-order valence-corrected chi connectivity index (χ1v) is 16.1. The minimum Gasteiger partial charge on any atom is -0.352 e. The predicted octanol–water partition coefficient (Wildman–Crippen LogP) is 6.85. The van der Waals surface area contributed by atoms with Crippen LogP contribution in [0.1, 0.15) is 44.6 Å². The van der Waals surface area contributed by atoms with Gasteiger partial charge in [-0.1, -0.05) is 78.3 Å². The Balaban J connectivity index is 1.70. The van der Waals surface area contributed by atoms with Gasteiger partial charge in [0.25, 0.3) is 10.0 Å². The van der Waals surface area contributed by atoms with Crippen LogP contribution in [0.5, 0.6) is 0 Å². The number of halogens is 4. The largest absolute Gasteiger partial charge is 0.352 e. The summed E-state index contributed by atoms with van der Waals surface area (Å²) in [6, 6.07) is 14.8. The molecule has 7 nitrogen and oxygen atoms in total. The average molecular weight is 655 g/mol. The summed E-state index contributed by atoms with van der Waals surface area (Å²) < 4.78 is 42.5. The average Bonchev–Trinajstić information content (AvgIpc) is 2.97. The zero-order chi connectivity index (χ0) is 30.4. The quantitative estimate of drug-likeness (QED) is 0.259. The molecule has 1 N–H and O–H groups in total. The molecule has 0 unspecified atom stereocenters. The van der Waals surface area contributed by atoms with E-state index in [9.17, 15) is 22.4 Å². The predicted molar refractivity (Wildman–Crippen MR) is 164 cm³/mol. The van der Waals surface area contributed by atoms with E-state index >= 15 is 0 Å². The molecule has 1 saturated carbocycles. The minimum absolute atomic E-state index is 0.00101. The standard InChI is InChI=1S/C30H31Cl3FN3O4S/c1-20(30(39)35-23-8-4-2-5-9-23)36(18-21-12-13-22(31)16-26(21)32)29(38)19-37(24-14-15-28(34)27(33)17-24)42(40,41)25-10-6-3-7-11-25/h3,6-7,10-17,20,23H,2,4-5,8-9,18-19H2,1H3,(H,35,39)/t20-/m0/s1. The SMILES string of the molecule is C[C@@H](C(=O)NC1CCCCC1)N(Cc1ccc(Cl)cc1Cl)C(=O)CN(c1ccc(F)c(Cl)c1)S(=O)(=O)c1ccccc1. The van der Waals surface area contributed by atoms with Gasteiger partial charge in [0.1, 0.15) is 18.4 Å². The van der Waals surface area contributed by atoms with E-state index in [0.717, 1.165) is 48.5 Å². The van der Waals surface area contributed by atoms with Crippen LogP contribution in [0, 0.1) is 5.82 Å². The van der Waals surface area contributed by atoms with E-state index in [1.807, 2.05) is 0 Å². The fourth-order valence-corrected chi connectivity index (χ4v) is 6.94. The number of carbonyl (C=O) groups is 2. The number of anilines is 1. The maximum atomic E-state index is 14.0. The molecule has 4 rings (SSSR count). The van der Waals surface area contributed by atoms with Crippen molar-refractivity contribution in [2.45, 2.75) is 62.6 Å². The van der Waals surface area contributed by atoms with Gasteiger partial charge >= 0.3 is 0 Å². The molecule has 3 aromatic carbocycles. The highest BCUT2D eigenvalue weighted by Crippen LogP contribution is 2.29. The van der Waals surface area contributed by atoms with E-state index in [-0.39, 0.29) is 34.1 Å². The van der Waals surface area contributed by atoms with Gasteiger partial charge in [-0.2, -0.15) is 0 Å². The molecule has 0 aromatic heterocycles. The molecule has 1 fully saturated rings. The topological polar surface area (TPSA) is 86.8 Å². The number of hydrogen-bond donors (Lipinski definition) is 1. The lowest BCUT2D eigenvalue weighted by atomic mass is 9.95. The smallest absolute Gasteiger partial charge is 0.264 e. The van der Waals surface area contributed by atoms with E-state index in [1.54, 1.807) is 37.3 Å². The van der Waals surface area contributed by atoms with Crippen LogP contribution >= 0.6 is 34.8 Å². The molecular formula is C30H31Cl3FN3O4S. The summed E-state index contributed by atoms with van der Waals surface area (Å²) in [5.41, 5.74) is 0.511. The fourth-order valence-electron chi connectivity index (χ4n) is 4.87. The lowest BCUT2D eigenvalue weighted by Gasteiger charge is -2.33. The van der Waals surface area contributed by atoms with Gasteiger partial charge < -0.3 is 10.2 Å². The van der Waals surface area contributed by atoms with Crippen molar-refractivity contribution in [1.82, 2.24) is 10.2 Å². The molecule has 0 heterocycles. The fraction of sp³-hybridized carbons (Fsp3) is 0.333. The lowest BCUT2D eigenvalue weighted by molar-refractivity contribution is -0.139. The van der Waals surface area contributed by atoms with Crippen molar-refractivity contribution in [3.8, 4) is 0 Å². The molecule has 3 aromatic rings. The molecule has 224 valence electrons. The lowest BCUT2D eigenvalue weighted by Crippen LogP contribution is -2.53. The van der Waals surface area contributed by atoms with Crippen LogP contribution in [0.15, 0.2) is 71.6 Å². The second-order valence-corrected chi connectivity index (χ2v) is 13.3. The van der Waals surface area contributed by atoms with Crippen LogP contribution in [-0.2, 0) is 26.2 Å². The van der Waals surface area contributed by atoms with Crippen molar-refractivity contribution in [3.63, 3.8) is 0 Å². The van der Waals surface area contributed by atoms with Gasteiger partial charge in [-0.25, -0.2) is 12.8 Å². The second-order valence-electron chi connectivity index (χ2n) is 10.2. The normalized spacial score (nSPS) is 14.7. The van der Waals surface area contributed by atoms with Gasteiger partial charge in [0, 0.05) is 22.6 Å². The molecular weight excluding hydrogens is 624 g/mol. The Bertz CT molecular complexity index is 1540. The first-order chi connectivity index (χ1) is 20.0. The third-order valence-corrected chi connectivity index (χ3v) is 9.94. The summed E-state index contributed by atoms with van der Waals surface area (Å²) in [4.78, 5) is 28.6. The van der Waals surface area contributed by atoms with Crippen molar-refractivity contribution in [2.24, 2.45) is 0 Å². The highest BCUT2D eigenvalue weighted by molar-refractivity contribution is 7.92. The van der Waals surface area contributed by atoms with Gasteiger partial charge in [0.2, 0.25) is 11.8 Å². The molecule has 12 heteroatoms. The Morgan fingerprint density at radius 1 is 0.952 bits per heavy atom. The monoisotopic (exact) mass is 653 g/mol. The third-order valence-electron chi connectivity index (χ3n) is 7.28. The van der Waals surface area contributed by atoms with Crippen molar-refractivity contribution in [2.75, 3.05) is 10.8 Å². The Labute approximate surface area is 260 Å². The number of sulfonamides is 1. The number of carbonyl (C=O) groups excluding carboxylic acids is 2.